The summed E-state index contributed by atoms with van der Waals surface area (Å²) in [6, 6.07) is 6.40. The lowest BCUT2D eigenvalue weighted by Crippen LogP contribution is -2.48. The third-order valence-electron chi connectivity index (χ3n) is 3.15. The van der Waals surface area contributed by atoms with Crippen LogP contribution in [0.25, 0.3) is 0 Å². The second kappa shape index (κ2) is 5.52. The lowest BCUT2D eigenvalue weighted by atomic mass is 10.0. The molecule has 2 rings (SSSR count). The smallest absolute Gasteiger partial charge is 0.326 e. The van der Waals surface area contributed by atoms with Crippen LogP contribution in [0.2, 0.25) is 0 Å². The SMILES string of the molecule is O=C(O)[C@@H]1CCCCN1C(=O)c1ccccc1Br. The molecule has 1 N–H and O–H groups in total. The number of hydrogen-bond acceptors (Lipinski definition) is 2. The zero-order chi connectivity index (χ0) is 13.1. The Morgan fingerprint density at radius 1 is 1.28 bits per heavy atom. The van der Waals surface area contributed by atoms with E-state index in [2.05, 4.69) is 15.9 Å². The Balaban J connectivity index is 2.27. The molecule has 0 spiro atoms. The summed E-state index contributed by atoms with van der Waals surface area (Å²) < 4.78 is 0.699. The van der Waals surface area contributed by atoms with Gasteiger partial charge < -0.3 is 10.0 Å². The van der Waals surface area contributed by atoms with Crippen molar-refractivity contribution < 1.29 is 14.7 Å². The minimum atomic E-state index is -0.921. The molecule has 1 amide bonds. The molecule has 0 aliphatic carbocycles. The Hall–Kier alpha value is -1.36. The third kappa shape index (κ3) is 2.56. The lowest BCUT2D eigenvalue weighted by Gasteiger charge is -2.33. The van der Waals surface area contributed by atoms with Crippen molar-refractivity contribution in [3.63, 3.8) is 0 Å². The van der Waals surface area contributed by atoms with Crippen LogP contribution in [0.1, 0.15) is 29.6 Å². The molecule has 1 aliphatic heterocycles. The topological polar surface area (TPSA) is 57.6 Å². The first kappa shape index (κ1) is 13.1. The Bertz CT molecular complexity index is 475. The number of amides is 1. The van der Waals surface area contributed by atoms with E-state index in [1.54, 1.807) is 18.2 Å². The van der Waals surface area contributed by atoms with Crippen molar-refractivity contribution in [1.29, 1.82) is 0 Å². The minimum Gasteiger partial charge on any atom is -0.480 e. The third-order valence-corrected chi connectivity index (χ3v) is 3.84. The predicted molar refractivity (Wildman–Crippen MR) is 70.5 cm³/mol. The normalized spacial score (nSPS) is 19.6. The summed E-state index contributed by atoms with van der Waals surface area (Å²) >= 11 is 3.33. The van der Waals surface area contributed by atoms with E-state index >= 15 is 0 Å². The summed E-state index contributed by atoms with van der Waals surface area (Å²) in [4.78, 5) is 25.0. The first-order valence-corrected chi connectivity index (χ1v) is 6.69. The number of benzene rings is 1. The molecule has 96 valence electrons. The number of likely N-dealkylation sites (tertiary alicyclic amines) is 1. The van der Waals surface area contributed by atoms with Crippen LogP contribution in [-0.2, 0) is 4.79 Å². The molecule has 1 fully saturated rings. The van der Waals surface area contributed by atoms with E-state index in [-0.39, 0.29) is 5.91 Å². The van der Waals surface area contributed by atoms with Gasteiger partial charge in [0.1, 0.15) is 6.04 Å². The maximum absolute atomic E-state index is 12.4. The maximum Gasteiger partial charge on any atom is 0.326 e. The molecule has 0 aromatic heterocycles. The average molecular weight is 312 g/mol. The zero-order valence-electron chi connectivity index (χ0n) is 9.80. The standard InChI is InChI=1S/C13H14BrNO3/c14-10-6-2-1-5-9(10)12(16)15-8-4-3-7-11(15)13(17)18/h1-2,5-6,11H,3-4,7-8H2,(H,17,18)/t11-/m0/s1. The van der Waals surface area contributed by atoms with Crippen molar-refractivity contribution in [3.8, 4) is 0 Å². The Morgan fingerprint density at radius 3 is 2.67 bits per heavy atom. The summed E-state index contributed by atoms with van der Waals surface area (Å²) in [5, 5.41) is 9.17. The number of carbonyl (C=O) groups excluding carboxylic acids is 1. The molecule has 1 aromatic rings. The number of nitrogens with zero attached hydrogens (tertiary/aromatic N) is 1. The molecule has 0 radical (unpaired) electrons. The fourth-order valence-electron chi connectivity index (χ4n) is 2.22. The van der Waals surface area contributed by atoms with E-state index < -0.39 is 12.0 Å². The number of rotatable bonds is 2. The van der Waals surface area contributed by atoms with Gasteiger partial charge in [-0.15, -0.1) is 0 Å². The van der Waals surface area contributed by atoms with Crippen LogP contribution in [0.15, 0.2) is 28.7 Å². The largest absolute Gasteiger partial charge is 0.480 e. The monoisotopic (exact) mass is 311 g/mol. The van der Waals surface area contributed by atoms with Crippen molar-refractivity contribution in [2.45, 2.75) is 25.3 Å². The van der Waals surface area contributed by atoms with Gasteiger partial charge in [0.25, 0.3) is 5.91 Å². The van der Waals surface area contributed by atoms with Gasteiger partial charge in [0, 0.05) is 11.0 Å². The second-order valence-corrected chi connectivity index (χ2v) is 5.18. The van der Waals surface area contributed by atoms with Gasteiger partial charge in [0.2, 0.25) is 0 Å². The van der Waals surface area contributed by atoms with Crippen LogP contribution in [0.4, 0.5) is 0 Å². The zero-order valence-corrected chi connectivity index (χ0v) is 11.4. The molecule has 5 heteroatoms. The van der Waals surface area contributed by atoms with Crippen LogP contribution in [0, 0.1) is 0 Å². The maximum atomic E-state index is 12.4. The highest BCUT2D eigenvalue weighted by molar-refractivity contribution is 9.10. The molecule has 1 saturated heterocycles. The minimum absolute atomic E-state index is 0.213. The summed E-state index contributed by atoms with van der Waals surface area (Å²) in [5.41, 5.74) is 0.519. The number of carboxylic acids is 1. The molecule has 1 heterocycles. The number of halogens is 1. The number of carbonyl (C=O) groups is 2. The molecular formula is C13H14BrNO3. The number of piperidine rings is 1. The Morgan fingerprint density at radius 2 is 2.00 bits per heavy atom. The van der Waals surface area contributed by atoms with Gasteiger partial charge in [-0.05, 0) is 47.3 Å². The first-order valence-electron chi connectivity index (χ1n) is 5.89. The molecular weight excluding hydrogens is 298 g/mol. The first-order chi connectivity index (χ1) is 8.61. The van der Waals surface area contributed by atoms with E-state index in [0.29, 0.717) is 23.0 Å². The van der Waals surface area contributed by atoms with Crippen LogP contribution >= 0.6 is 15.9 Å². The van der Waals surface area contributed by atoms with Gasteiger partial charge in [-0.1, -0.05) is 12.1 Å². The van der Waals surface area contributed by atoms with Crippen molar-refractivity contribution in [3.05, 3.63) is 34.3 Å². The molecule has 1 aliphatic rings. The Kier molecular flexibility index (Phi) is 4.01. The lowest BCUT2D eigenvalue weighted by molar-refractivity contribution is -0.143. The van der Waals surface area contributed by atoms with Crippen LogP contribution in [0.3, 0.4) is 0 Å². The average Bonchev–Trinajstić information content (AvgIpc) is 2.38. The summed E-state index contributed by atoms with van der Waals surface area (Å²) in [6.07, 6.45) is 2.25. The number of hydrogen-bond donors (Lipinski definition) is 1. The fourth-order valence-corrected chi connectivity index (χ4v) is 2.68. The molecule has 18 heavy (non-hydrogen) atoms. The highest BCUT2D eigenvalue weighted by Gasteiger charge is 2.32. The highest BCUT2D eigenvalue weighted by atomic mass is 79.9. The van der Waals surface area contributed by atoms with Crippen LogP contribution in [-0.4, -0.2) is 34.5 Å². The van der Waals surface area contributed by atoms with Crippen molar-refractivity contribution in [2.75, 3.05) is 6.54 Å². The summed E-state index contributed by atoms with van der Waals surface area (Å²) in [6.45, 7) is 0.511. The molecule has 1 aromatic carbocycles. The van der Waals surface area contributed by atoms with Gasteiger partial charge in [-0.25, -0.2) is 4.79 Å². The fraction of sp³-hybridized carbons (Fsp3) is 0.385. The van der Waals surface area contributed by atoms with Crippen molar-refractivity contribution >= 4 is 27.8 Å². The molecule has 0 bridgehead atoms. The van der Waals surface area contributed by atoms with Gasteiger partial charge >= 0.3 is 5.97 Å². The van der Waals surface area contributed by atoms with Gasteiger partial charge in [0.05, 0.1) is 5.56 Å². The van der Waals surface area contributed by atoms with Crippen molar-refractivity contribution in [1.82, 2.24) is 4.90 Å². The molecule has 4 nitrogen and oxygen atoms in total. The van der Waals surface area contributed by atoms with Gasteiger partial charge in [0.15, 0.2) is 0 Å². The summed E-state index contributed by atoms with van der Waals surface area (Å²) in [7, 11) is 0. The molecule has 1 atom stereocenters. The number of aliphatic carboxylic acids is 1. The molecule has 0 unspecified atom stereocenters. The van der Waals surface area contributed by atoms with E-state index in [1.807, 2.05) is 6.07 Å². The van der Waals surface area contributed by atoms with Gasteiger partial charge in [-0.2, -0.15) is 0 Å². The van der Waals surface area contributed by atoms with E-state index in [9.17, 15) is 9.59 Å². The second-order valence-electron chi connectivity index (χ2n) is 4.33. The quantitative estimate of drug-likeness (QED) is 0.913. The van der Waals surface area contributed by atoms with E-state index in [4.69, 9.17) is 5.11 Å². The highest BCUT2D eigenvalue weighted by Crippen LogP contribution is 2.23. The molecule has 0 saturated carbocycles. The van der Waals surface area contributed by atoms with Gasteiger partial charge in [-0.3, -0.25) is 4.79 Å². The summed E-state index contributed by atoms with van der Waals surface area (Å²) in [5.74, 6) is -1.13. The number of carboxylic acid groups (broad SMARTS) is 1. The van der Waals surface area contributed by atoms with E-state index in [1.165, 1.54) is 4.90 Å². The van der Waals surface area contributed by atoms with Crippen LogP contribution in [0.5, 0.6) is 0 Å². The van der Waals surface area contributed by atoms with Crippen LogP contribution < -0.4 is 0 Å². The van der Waals surface area contributed by atoms with Crippen molar-refractivity contribution in [2.24, 2.45) is 0 Å². The Labute approximate surface area is 114 Å². The predicted octanol–water partition coefficient (Wildman–Crippen LogP) is 2.53. The van der Waals surface area contributed by atoms with E-state index in [0.717, 1.165) is 12.8 Å².